The first-order valence-corrected chi connectivity index (χ1v) is 8.97. The Morgan fingerprint density at radius 2 is 2.00 bits per heavy atom. The standard InChI is InChI=1S/C14H23NO5S/c1-8-10(16)7-15(8)12(21(18,19)20)14-5-4-9(6-11(14)17)13(14,2)3/h8-10,12,16H,4-7H2,1-3H3,(H,18,19,20)/t8-,9+,10+,12?,14+/m0/s1. The van der Waals surface area contributed by atoms with Gasteiger partial charge in [-0.25, -0.2) is 0 Å². The van der Waals surface area contributed by atoms with E-state index < -0.39 is 32.4 Å². The van der Waals surface area contributed by atoms with E-state index in [9.17, 15) is 22.9 Å². The minimum atomic E-state index is -4.42. The second kappa shape index (κ2) is 4.28. The lowest BCUT2D eigenvalue weighted by Gasteiger charge is -2.53. The fraction of sp³-hybridized carbons (Fsp3) is 0.929. The molecule has 3 rings (SSSR count). The molecule has 3 aliphatic rings. The Hall–Kier alpha value is -0.500. The molecule has 0 aromatic carbocycles. The molecule has 2 N–H and O–H groups in total. The van der Waals surface area contributed by atoms with Crippen LogP contribution in [0.5, 0.6) is 0 Å². The van der Waals surface area contributed by atoms with Gasteiger partial charge in [0.05, 0.1) is 11.5 Å². The molecule has 2 saturated carbocycles. The normalized spacial score (nSPS) is 43.9. The minimum Gasteiger partial charge on any atom is -0.390 e. The number of hydrogen-bond acceptors (Lipinski definition) is 5. The predicted octanol–water partition coefficient (Wildman–Crippen LogP) is 0.661. The van der Waals surface area contributed by atoms with Crippen LogP contribution >= 0.6 is 0 Å². The van der Waals surface area contributed by atoms with Crippen LogP contribution in [0.15, 0.2) is 0 Å². The maximum absolute atomic E-state index is 12.6. The summed E-state index contributed by atoms with van der Waals surface area (Å²) in [5.41, 5.74) is -1.51. The average molecular weight is 317 g/mol. The molecular weight excluding hydrogens is 294 g/mol. The van der Waals surface area contributed by atoms with Crippen LogP contribution in [0.4, 0.5) is 0 Å². The maximum Gasteiger partial charge on any atom is 0.282 e. The molecule has 1 aliphatic heterocycles. The number of Topliss-reactive ketones (excluding diaryl/α,β-unsaturated/α-hetero) is 1. The summed E-state index contributed by atoms with van der Waals surface area (Å²) < 4.78 is 34.0. The summed E-state index contributed by atoms with van der Waals surface area (Å²) in [6.07, 6.45) is 1.09. The molecule has 1 saturated heterocycles. The lowest BCUT2D eigenvalue weighted by molar-refractivity contribution is -0.141. The Morgan fingerprint density at radius 3 is 2.33 bits per heavy atom. The molecule has 5 atom stereocenters. The van der Waals surface area contributed by atoms with Crippen molar-refractivity contribution < 1.29 is 22.9 Å². The van der Waals surface area contributed by atoms with Gasteiger partial charge in [0.25, 0.3) is 10.1 Å². The van der Waals surface area contributed by atoms with E-state index in [0.717, 1.165) is 6.42 Å². The number of ketones is 1. The third kappa shape index (κ3) is 1.75. The van der Waals surface area contributed by atoms with E-state index in [0.29, 0.717) is 12.8 Å². The largest absolute Gasteiger partial charge is 0.390 e. The van der Waals surface area contributed by atoms with E-state index in [2.05, 4.69) is 0 Å². The molecule has 2 bridgehead atoms. The third-order valence-electron chi connectivity index (χ3n) is 6.47. The van der Waals surface area contributed by atoms with E-state index in [4.69, 9.17) is 0 Å². The highest BCUT2D eigenvalue weighted by atomic mass is 32.2. The van der Waals surface area contributed by atoms with Crippen LogP contribution in [0.3, 0.4) is 0 Å². The smallest absolute Gasteiger partial charge is 0.282 e. The van der Waals surface area contributed by atoms with Crippen molar-refractivity contribution in [1.82, 2.24) is 4.90 Å². The summed E-state index contributed by atoms with van der Waals surface area (Å²) in [4.78, 5) is 14.2. The van der Waals surface area contributed by atoms with Gasteiger partial charge in [-0.15, -0.1) is 0 Å². The average Bonchev–Trinajstić information content (AvgIpc) is 2.71. The highest BCUT2D eigenvalue weighted by molar-refractivity contribution is 7.86. The van der Waals surface area contributed by atoms with E-state index in [1.54, 1.807) is 11.8 Å². The highest BCUT2D eigenvalue weighted by Gasteiger charge is 2.72. The molecule has 21 heavy (non-hydrogen) atoms. The summed E-state index contributed by atoms with van der Waals surface area (Å²) in [7, 11) is -4.42. The summed E-state index contributed by atoms with van der Waals surface area (Å²) in [6.45, 7) is 5.78. The lowest BCUT2D eigenvalue weighted by Crippen LogP contribution is -2.69. The van der Waals surface area contributed by atoms with E-state index in [1.165, 1.54) is 0 Å². The Morgan fingerprint density at radius 1 is 1.38 bits per heavy atom. The molecule has 2 aliphatic carbocycles. The molecule has 0 amide bonds. The number of carbonyl (C=O) groups is 1. The number of hydrogen-bond donors (Lipinski definition) is 2. The van der Waals surface area contributed by atoms with Gasteiger partial charge < -0.3 is 5.11 Å². The summed E-state index contributed by atoms with van der Waals surface area (Å²) in [6, 6.07) is -0.366. The fourth-order valence-corrected chi connectivity index (χ4v) is 6.61. The third-order valence-corrected chi connectivity index (χ3v) is 7.71. The maximum atomic E-state index is 12.6. The molecule has 0 spiro atoms. The van der Waals surface area contributed by atoms with Crippen molar-refractivity contribution in [1.29, 1.82) is 0 Å². The number of likely N-dealkylation sites (tertiary alicyclic amines) is 1. The van der Waals surface area contributed by atoms with Crippen molar-refractivity contribution in [2.45, 2.75) is 57.6 Å². The number of aliphatic hydroxyl groups is 1. The summed E-state index contributed by atoms with van der Waals surface area (Å²) in [5, 5.41) is 8.47. The van der Waals surface area contributed by atoms with E-state index in [1.807, 2.05) is 13.8 Å². The number of fused-ring (bicyclic) bond motifs is 2. The summed E-state index contributed by atoms with van der Waals surface area (Å²) >= 11 is 0. The fourth-order valence-electron chi connectivity index (χ4n) is 4.93. The van der Waals surface area contributed by atoms with Crippen molar-refractivity contribution in [2.24, 2.45) is 16.7 Å². The molecule has 120 valence electrons. The van der Waals surface area contributed by atoms with E-state index in [-0.39, 0.29) is 24.3 Å². The number of β-amino-alcohol motifs (C(OH)–C–C–N with tert-alkyl or cyclic N) is 1. The van der Waals surface area contributed by atoms with Gasteiger partial charge in [0.2, 0.25) is 0 Å². The summed E-state index contributed by atoms with van der Waals surface area (Å²) in [5.74, 6) is 0.121. The van der Waals surface area contributed by atoms with Crippen LogP contribution in [0.2, 0.25) is 0 Å². The van der Waals surface area contributed by atoms with Gasteiger partial charge >= 0.3 is 0 Å². The number of nitrogens with zero attached hydrogens (tertiary/aromatic N) is 1. The topological polar surface area (TPSA) is 94.9 Å². The molecular formula is C14H23NO5S. The quantitative estimate of drug-likeness (QED) is 0.743. The van der Waals surface area contributed by atoms with Crippen molar-refractivity contribution in [3.05, 3.63) is 0 Å². The van der Waals surface area contributed by atoms with Gasteiger partial charge in [0.15, 0.2) is 5.37 Å². The number of carbonyl (C=O) groups excluding carboxylic acids is 1. The van der Waals surface area contributed by atoms with Crippen LogP contribution in [0.1, 0.15) is 40.0 Å². The van der Waals surface area contributed by atoms with Crippen LogP contribution < -0.4 is 0 Å². The zero-order valence-electron chi connectivity index (χ0n) is 12.6. The van der Waals surface area contributed by atoms with Gasteiger partial charge in [0, 0.05) is 19.0 Å². The molecule has 1 unspecified atom stereocenters. The van der Waals surface area contributed by atoms with Gasteiger partial charge in [-0.3, -0.25) is 14.2 Å². The molecule has 6 nitrogen and oxygen atoms in total. The molecule has 1 heterocycles. The van der Waals surface area contributed by atoms with E-state index >= 15 is 0 Å². The molecule has 7 heteroatoms. The zero-order valence-corrected chi connectivity index (χ0v) is 13.4. The van der Waals surface area contributed by atoms with Crippen LogP contribution in [0, 0.1) is 16.7 Å². The molecule has 0 aromatic heterocycles. The van der Waals surface area contributed by atoms with Crippen LogP contribution in [0.25, 0.3) is 0 Å². The lowest BCUT2D eigenvalue weighted by atomic mass is 9.67. The first-order valence-electron chi connectivity index (χ1n) is 7.47. The molecule has 3 fully saturated rings. The molecule has 0 aromatic rings. The van der Waals surface area contributed by atoms with Crippen LogP contribution in [-0.2, 0) is 14.9 Å². The van der Waals surface area contributed by atoms with Gasteiger partial charge in [0.1, 0.15) is 5.78 Å². The Labute approximate surface area is 125 Å². The SMILES string of the molecule is C[C@H]1[C@H](O)CN1C([C@@]12CC[C@H](CC1=O)C2(C)C)S(=O)(=O)O. The zero-order chi connectivity index (χ0) is 15.8. The second-order valence-corrected chi connectivity index (χ2v) is 8.90. The van der Waals surface area contributed by atoms with Gasteiger partial charge in [-0.2, -0.15) is 8.42 Å². The Kier molecular flexibility index (Phi) is 3.14. The second-order valence-electron chi connectivity index (χ2n) is 7.43. The first kappa shape index (κ1) is 15.4. The van der Waals surface area contributed by atoms with Crippen molar-refractivity contribution in [3.63, 3.8) is 0 Å². The Balaban J connectivity index is 2.11. The Bertz CT molecular complexity index is 586. The number of aliphatic hydroxyl groups excluding tert-OH is 1. The van der Waals surface area contributed by atoms with Crippen LogP contribution in [-0.4, -0.2) is 52.8 Å². The minimum absolute atomic E-state index is 0.0556. The molecule has 0 radical (unpaired) electrons. The van der Waals surface area contributed by atoms with Crippen molar-refractivity contribution in [2.75, 3.05) is 6.54 Å². The van der Waals surface area contributed by atoms with Crippen molar-refractivity contribution in [3.8, 4) is 0 Å². The highest BCUT2D eigenvalue weighted by Crippen LogP contribution is 2.67. The number of rotatable bonds is 3. The predicted molar refractivity (Wildman–Crippen MR) is 76.1 cm³/mol. The monoisotopic (exact) mass is 317 g/mol. The van der Waals surface area contributed by atoms with Gasteiger partial charge in [-0.05, 0) is 31.1 Å². The van der Waals surface area contributed by atoms with Gasteiger partial charge in [-0.1, -0.05) is 13.8 Å². The van der Waals surface area contributed by atoms with Crippen molar-refractivity contribution >= 4 is 15.9 Å². The first-order chi connectivity index (χ1) is 9.53.